The van der Waals surface area contributed by atoms with Crippen molar-refractivity contribution in [1.29, 1.82) is 5.41 Å². The molecule has 3 aliphatic heterocycles. The Morgan fingerprint density at radius 3 is 2.68 bits per heavy atom. The fraction of sp³-hybridized carbons (Fsp3) is 0.360. The van der Waals surface area contributed by atoms with Crippen LogP contribution in [0.3, 0.4) is 0 Å². The van der Waals surface area contributed by atoms with Gasteiger partial charge in [-0.05, 0) is 55.1 Å². The lowest BCUT2D eigenvalue weighted by Crippen LogP contribution is -2.37. The molecule has 0 bridgehead atoms. The number of nitrogens with one attached hydrogen (secondary N) is 3. The second-order valence-corrected chi connectivity index (χ2v) is 8.57. The van der Waals surface area contributed by atoms with E-state index in [-0.39, 0.29) is 18.4 Å². The van der Waals surface area contributed by atoms with E-state index >= 15 is 0 Å². The van der Waals surface area contributed by atoms with Crippen LogP contribution in [0.5, 0.6) is 0 Å². The molecule has 0 radical (unpaired) electrons. The van der Waals surface area contributed by atoms with E-state index in [9.17, 15) is 4.79 Å². The monoisotopic (exact) mass is 462 g/mol. The van der Waals surface area contributed by atoms with Gasteiger partial charge in [-0.15, -0.1) is 0 Å². The number of nitrogens with two attached hydrogens (primary N) is 2. The molecule has 0 aromatic heterocycles. The summed E-state index contributed by atoms with van der Waals surface area (Å²) in [5.41, 5.74) is 15.9. The van der Waals surface area contributed by atoms with E-state index in [2.05, 4.69) is 20.6 Å². The number of dihydropyridines is 2. The normalized spacial score (nSPS) is 19.5. The van der Waals surface area contributed by atoms with Gasteiger partial charge in [0.05, 0.1) is 11.4 Å². The van der Waals surface area contributed by atoms with Crippen LogP contribution in [-0.4, -0.2) is 48.7 Å². The van der Waals surface area contributed by atoms with Crippen LogP contribution in [0.25, 0.3) is 0 Å². The van der Waals surface area contributed by atoms with Gasteiger partial charge < -0.3 is 32.4 Å². The van der Waals surface area contributed by atoms with Crippen molar-refractivity contribution in [1.82, 2.24) is 15.5 Å². The van der Waals surface area contributed by atoms with Gasteiger partial charge in [0, 0.05) is 49.1 Å². The summed E-state index contributed by atoms with van der Waals surface area (Å²) in [6.07, 6.45) is 16.9. The number of piperidine rings is 1. The molecule has 3 aliphatic rings. The Morgan fingerprint density at radius 1 is 1.24 bits per heavy atom. The first-order chi connectivity index (χ1) is 16.4. The number of rotatable bonds is 8. The number of allylic oxidation sites excluding steroid dienone is 6. The maximum Gasteiger partial charge on any atom is 0.244 e. The molecule has 7 N–H and O–H groups in total. The molecule has 180 valence electrons. The topological polar surface area (TPSA) is 145 Å². The molecule has 1 fully saturated rings. The Bertz CT molecular complexity index is 1050. The lowest BCUT2D eigenvalue weighted by Gasteiger charge is -2.26. The first kappa shape index (κ1) is 24.8. The molecular weight excluding hydrogens is 428 g/mol. The largest absolute Gasteiger partial charge is 0.404 e. The molecule has 0 spiro atoms. The third kappa shape index (κ3) is 6.57. The average Bonchev–Trinajstić information content (AvgIpc) is 2.85. The fourth-order valence-corrected chi connectivity index (χ4v) is 3.72. The standard InChI is InChI=1S/C25H34N8O/c1-17(2)18(12-26)11-23(28)32-24-7-6-21-22(31-24)10-19(15-30-21)20(13-27)14-29-16-25(34)33-8-4-3-5-9-33/h6-7,10-15,17,26,30-31H,3-5,8-9,16,27H2,1-2H3,(H2,28,32). The quantitative estimate of drug-likeness (QED) is 0.277. The third-order valence-corrected chi connectivity index (χ3v) is 5.72. The van der Waals surface area contributed by atoms with Crippen LogP contribution in [0.2, 0.25) is 0 Å². The SMILES string of the molecule is CC(C)C(C=N)=CC(N)=NC1=CC=C2NC=C(C(C=NCC(=O)N3CCCCC3)=CN)C=C2N1. The highest BCUT2D eigenvalue weighted by atomic mass is 16.2. The van der Waals surface area contributed by atoms with Gasteiger partial charge in [-0.3, -0.25) is 9.79 Å². The van der Waals surface area contributed by atoms with Crippen molar-refractivity contribution in [3.63, 3.8) is 0 Å². The van der Waals surface area contributed by atoms with Gasteiger partial charge in [0.1, 0.15) is 18.2 Å². The van der Waals surface area contributed by atoms with E-state index in [0.29, 0.717) is 17.2 Å². The number of hydrogen-bond acceptors (Lipinski definition) is 7. The van der Waals surface area contributed by atoms with Crippen molar-refractivity contribution in [3.05, 3.63) is 70.6 Å². The summed E-state index contributed by atoms with van der Waals surface area (Å²) in [5, 5.41) is 14.0. The molecule has 9 heteroatoms. The highest BCUT2D eigenvalue weighted by Crippen LogP contribution is 2.22. The zero-order valence-corrected chi connectivity index (χ0v) is 19.8. The summed E-state index contributed by atoms with van der Waals surface area (Å²) in [4.78, 5) is 23.0. The molecular formula is C25H34N8O. The van der Waals surface area contributed by atoms with Gasteiger partial charge in [-0.1, -0.05) is 13.8 Å². The summed E-state index contributed by atoms with van der Waals surface area (Å²) < 4.78 is 0. The summed E-state index contributed by atoms with van der Waals surface area (Å²) >= 11 is 0. The van der Waals surface area contributed by atoms with Crippen molar-refractivity contribution < 1.29 is 4.79 Å². The minimum absolute atomic E-state index is 0.0449. The summed E-state index contributed by atoms with van der Waals surface area (Å²) in [5.74, 6) is 1.13. The maximum atomic E-state index is 12.3. The van der Waals surface area contributed by atoms with Crippen LogP contribution in [0.4, 0.5) is 0 Å². The van der Waals surface area contributed by atoms with Crippen LogP contribution >= 0.6 is 0 Å². The number of amides is 1. The smallest absolute Gasteiger partial charge is 0.244 e. The number of carbonyl (C=O) groups is 1. The van der Waals surface area contributed by atoms with E-state index < -0.39 is 0 Å². The molecule has 0 saturated carbocycles. The predicted octanol–water partition coefficient (Wildman–Crippen LogP) is 2.20. The third-order valence-electron chi connectivity index (χ3n) is 5.72. The Labute approximate surface area is 201 Å². The number of amidine groups is 1. The Kier molecular flexibility index (Phi) is 8.61. The van der Waals surface area contributed by atoms with Gasteiger partial charge in [-0.25, -0.2) is 4.99 Å². The van der Waals surface area contributed by atoms with Gasteiger partial charge >= 0.3 is 0 Å². The molecule has 0 unspecified atom stereocenters. The maximum absolute atomic E-state index is 12.3. The number of likely N-dealkylation sites (tertiary alicyclic amines) is 1. The molecule has 1 amide bonds. The highest BCUT2D eigenvalue weighted by molar-refractivity contribution is 5.97. The summed E-state index contributed by atoms with van der Waals surface area (Å²) in [7, 11) is 0. The van der Waals surface area contributed by atoms with Crippen LogP contribution in [0, 0.1) is 11.3 Å². The van der Waals surface area contributed by atoms with Crippen molar-refractivity contribution in [2.75, 3.05) is 19.6 Å². The first-order valence-electron chi connectivity index (χ1n) is 11.5. The number of aliphatic imine (C=N–C) groups is 2. The van der Waals surface area contributed by atoms with Gasteiger partial charge in [-0.2, -0.15) is 0 Å². The summed E-state index contributed by atoms with van der Waals surface area (Å²) in [6, 6.07) is 0. The van der Waals surface area contributed by atoms with E-state index in [4.69, 9.17) is 16.9 Å². The van der Waals surface area contributed by atoms with Crippen molar-refractivity contribution in [2.24, 2.45) is 27.4 Å². The van der Waals surface area contributed by atoms with E-state index in [1.807, 2.05) is 43.2 Å². The highest BCUT2D eigenvalue weighted by Gasteiger charge is 2.18. The Hall–Kier alpha value is -3.88. The zero-order valence-electron chi connectivity index (χ0n) is 19.8. The molecule has 9 nitrogen and oxygen atoms in total. The van der Waals surface area contributed by atoms with Crippen molar-refractivity contribution in [2.45, 2.75) is 33.1 Å². The zero-order chi connectivity index (χ0) is 24.5. The van der Waals surface area contributed by atoms with Gasteiger partial charge in [0.15, 0.2) is 0 Å². The van der Waals surface area contributed by atoms with Crippen molar-refractivity contribution >= 4 is 24.2 Å². The molecule has 0 aromatic carbocycles. The van der Waals surface area contributed by atoms with Crippen LogP contribution in [0.1, 0.15) is 33.1 Å². The molecule has 3 heterocycles. The van der Waals surface area contributed by atoms with Crippen LogP contribution in [-0.2, 0) is 4.79 Å². The second kappa shape index (κ2) is 11.8. The van der Waals surface area contributed by atoms with Crippen LogP contribution in [0.15, 0.2) is 80.6 Å². The first-order valence-corrected chi connectivity index (χ1v) is 11.5. The molecule has 3 rings (SSSR count). The minimum atomic E-state index is 0.0449. The van der Waals surface area contributed by atoms with Crippen LogP contribution < -0.4 is 22.1 Å². The van der Waals surface area contributed by atoms with Crippen molar-refractivity contribution in [3.8, 4) is 0 Å². The fourth-order valence-electron chi connectivity index (χ4n) is 3.72. The predicted molar refractivity (Wildman–Crippen MR) is 138 cm³/mol. The molecule has 0 aromatic rings. The second-order valence-electron chi connectivity index (χ2n) is 8.57. The number of carbonyl (C=O) groups excluding carboxylic acids is 1. The number of hydrogen-bond donors (Lipinski definition) is 5. The number of nitrogens with zero attached hydrogens (tertiary/aromatic N) is 3. The minimum Gasteiger partial charge on any atom is -0.404 e. The van der Waals surface area contributed by atoms with Gasteiger partial charge in [0.2, 0.25) is 5.91 Å². The van der Waals surface area contributed by atoms with E-state index in [1.165, 1.54) is 18.8 Å². The molecule has 34 heavy (non-hydrogen) atoms. The lowest BCUT2D eigenvalue weighted by atomic mass is 10.0. The van der Waals surface area contributed by atoms with E-state index in [1.54, 1.807) is 12.3 Å². The van der Waals surface area contributed by atoms with E-state index in [0.717, 1.165) is 48.5 Å². The lowest BCUT2D eigenvalue weighted by molar-refractivity contribution is -0.130. The average molecular weight is 463 g/mol. The molecule has 1 saturated heterocycles. The Balaban J connectivity index is 1.66. The molecule has 0 aliphatic carbocycles. The molecule has 0 atom stereocenters. The Morgan fingerprint density at radius 2 is 2.00 bits per heavy atom. The van der Waals surface area contributed by atoms with Gasteiger partial charge in [0.25, 0.3) is 0 Å². The summed E-state index contributed by atoms with van der Waals surface area (Å²) in [6.45, 7) is 5.74. The number of fused-ring (bicyclic) bond motifs is 1.